The lowest BCUT2D eigenvalue weighted by atomic mass is 10.2. The summed E-state index contributed by atoms with van der Waals surface area (Å²) >= 11 is 3.23. The van der Waals surface area contributed by atoms with Crippen molar-refractivity contribution in [2.75, 3.05) is 18.9 Å². The molecule has 0 aliphatic heterocycles. The molecule has 0 spiro atoms. The van der Waals surface area contributed by atoms with Gasteiger partial charge in [-0.15, -0.1) is 23.1 Å². The molecule has 2 N–H and O–H groups in total. The molecule has 3 nitrogen and oxygen atoms in total. The van der Waals surface area contributed by atoms with Crippen molar-refractivity contribution in [2.45, 2.75) is 23.5 Å². The molecule has 0 radical (unpaired) electrons. The molecule has 1 rings (SSSR count). The second-order valence-corrected chi connectivity index (χ2v) is 5.58. The zero-order valence-corrected chi connectivity index (χ0v) is 10.8. The normalized spacial score (nSPS) is 10.3. The number of nitrogens with one attached hydrogen (secondary N) is 1. The zero-order chi connectivity index (χ0) is 11.6. The van der Waals surface area contributed by atoms with Crippen molar-refractivity contribution in [1.29, 1.82) is 0 Å². The number of hydrogen-bond donors (Lipinski definition) is 2. The molecule has 16 heavy (non-hydrogen) atoms. The van der Waals surface area contributed by atoms with Crippen LogP contribution < -0.4 is 5.32 Å². The third kappa shape index (κ3) is 6.15. The largest absolute Gasteiger partial charge is 0.396 e. The van der Waals surface area contributed by atoms with Gasteiger partial charge in [-0.1, -0.05) is 6.07 Å². The third-order valence-electron chi connectivity index (χ3n) is 2.00. The monoisotopic (exact) mass is 259 g/mol. The molecule has 1 heterocycles. The Morgan fingerprint density at radius 1 is 1.44 bits per heavy atom. The molecule has 0 saturated carbocycles. The molecule has 0 bridgehead atoms. The first-order valence-electron chi connectivity index (χ1n) is 5.37. The Morgan fingerprint density at radius 2 is 2.31 bits per heavy atom. The zero-order valence-electron chi connectivity index (χ0n) is 9.15. The first-order valence-corrected chi connectivity index (χ1v) is 7.23. The van der Waals surface area contributed by atoms with Crippen molar-refractivity contribution in [3.63, 3.8) is 0 Å². The predicted octanol–water partition coefficient (Wildman–Crippen LogP) is 2.12. The molecule has 5 heteroatoms. The second kappa shape index (κ2) is 8.61. The van der Waals surface area contributed by atoms with Gasteiger partial charge in [0, 0.05) is 13.2 Å². The number of unbranched alkanes of at least 4 members (excludes halogenated alkanes) is 2. The Hall–Kier alpha value is -0.520. The van der Waals surface area contributed by atoms with Gasteiger partial charge in [-0.3, -0.25) is 4.79 Å². The van der Waals surface area contributed by atoms with Gasteiger partial charge in [0.2, 0.25) is 5.91 Å². The number of thioether (sulfide) groups is 1. The molecular weight excluding hydrogens is 242 g/mol. The smallest absolute Gasteiger partial charge is 0.230 e. The summed E-state index contributed by atoms with van der Waals surface area (Å²) in [6.07, 6.45) is 2.73. The fraction of sp³-hybridized carbons (Fsp3) is 0.545. The summed E-state index contributed by atoms with van der Waals surface area (Å²) in [4.78, 5) is 11.4. The van der Waals surface area contributed by atoms with Crippen molar-refractivity contribution in [2.24, 2.45) is 0 Å². The topological polar surface area (TPSA) is 49.3 Å². The van der Waals surface area contributed by atoms with E-state index in [0.29, 0.717) is 12.3 Å². The van der Waals surface area contributed by atoms with Gasteiger partial charge in [0.1, 0.15) is 0 Å². The lowest BCUT2D eigenvalue weighted by Gasteiger charge is -2.03. The molecule has 0 atom stereocenters. The van der Waals surface area contributed by atoms with Gasteiger partial charge in [-0.25, -0.2) is 0 Å². The van der Waals surface area contributed by atoms with E-state index in [0.717, 1.165) is 19.3 Å². The van der Waals surface area contributed by atoms with E-state index >= 15 is 0 Å². The van der Waals surface area contributed by atoms with Gasteiger partial charge < -0.3 is 10.4 Å². The molecule has 0 aliphatic carbocycles. The standard InChI is InChI=1S/C11H17NO2S2/c13-7-3-1-2-6-12-10(14)9-16-11-5-4-8-15-11/h4-5,8,13H,1-3,6-7,9H2,(H,12,14). The van der Waals surface area contributed by atoms with Crippen LogP contribution >= 0.6 is 23.1 Å². The van der Waals surface area contributed by atoms with Gasteiger partial charge in [0.15, 0.2) is 0 Å². The van der Waals surface area contributed by atoms with Crippen molar-refractivity contribution in [1.82, 2.24) is 5.32 Å². The minimum atomic E-state index is 0.0856. The van der Waals surface area contributed by atoms with Crippen molar-refractivity contribution in [3.05, 3.63) is 17.5 Å². The van der Waals surface area contributed by atoms with Crippen LogP contribution in [0.5, 0.6) is 0 Å². The Morgan fingerprint density at radius 3 is 3.00 bits per heavy atom. The number of amides is 1. The number of hydrogen-bond acceptors (Lipinski definition) is 4. The minimum absolute atomic E-state index is 0.0856. The first-order chi connectivity index (χ1) is 7.83. The van der Waals surface area contributed by atoms with E-state index in [9.17, 15) is 4.79 Å². The van der Waals surface area contributed by atoms with Crippen LogP contribution in [-0.4, -0.2) is 29.9 Å². The molecule has 0 aromatic carbocycles. The van der Waals surface area contributed by atoms with Crippen LogP contribution in [0.25, 0.3) is 0 Å². The SMILES string of the molecule is O=C(CSc1cccs1)NCCCCCO. The van der Waals surface area contributed by atoms with Crippen LogP contribution in [0.1, 0.15) is 19.3 Å². The molecule has 1 aromatic rings. The highest BCUT2D eigenvalue weighted by molar-refractivity contribution is 8.01. The van der Waals surface area contributed by atoms with Gasteiger partial charge in [0.05, 0.1) is 9.96 Å². The van der Waals surface area contributed by atoms with Gasteiger partial charge in [-0.2, -0.15) is 0 Å². The number of carbonyl (C=O) groups is 1. The molecule has 1 aromatic heterocycles. The molecule has 90 valence electrons. The quantitative estimate of drug-likeness (QED) is 0.555. The summed E-state index contributed by atoms with van der Waals surface area (Å²) in [5.74, 6) is 0.572. The Labute approximate surface area is 104 Å². The molecule has 0 fully saturated rings. The van der Waals surface area contributed by atoms with E-state index < -0.39 is 0 Å². The van der Waals surface area contributed by atoms with Crippen LogP contribution in [0.15, 0.2) is 21.7 Å². The maximum Gasteiger partial charge on any atom is 0.230 e. The lowest BCUT2D eigenvalue weighted by Crippen LogP contribution is -2.26. The highest BCUT2D eigenvalue weighted by Gasteiger charge is 2.02. The number of rotatable bonds is 8. The minimum Gasteiger partial charge on any atom is -0.396 e. The lowest BCUT2D eigenvalue weighted by molar-refractivity contribution is -0.118. The fourth-order valence-electron chi connectivity index (χ4n) is 1.17. The highest BCUT2D eigenvalue weighted by atomic mass is 32.2. The average molecular weight is 259 g/mol. The molecule has 0 unspecified atom stereocenters. The maximum absolute atomic E-state index is 11.4. The van der Waals surface area contributed by atoms with E-state index in [1.807, 2.05) is 17.5 Å². The number of aliphatic hydroxyl groups excluding tert-OH is 1. The van der Waals surface area contributed by atoms with E-state index in [1.165, 1.54) is 4.21 Å². The maximum atomic E-state index is 11.4. The van der Waals surface area contributed by atoms with Crippen LogP contribution in [0.4, 0.5) is 0 Å². The van der Waals surface area contributed by atoms with Crippen LogP contribution in [0.2, 0.25) is 0 Å². The average Bonchev–Trinajstić information content (AvgIpc) is 2.79. The van der Waals surface area contributed by atoms with Gasteiger partial charge in [0.25, 0.3) is 0 Å². The number of carbonyl (C=O) groups excluding carboxylic acids is 1. The third-order valence-corrected chi connectivity index (χ3v) is 4.13. The predicted molar refractivity (Wildman–Crippen MR) is 69.0 cm³/mol. The second-order valence-electron chi connectivity index (χ2n) is 3.35. The van der Waals surface area contributed by atoms with Crippen LogP contribution in [0, 0.1) is 0 Å². The summed E-state index contributed by atoms with van der Waals surface area (Å²) < 4.78 is 1.18. The molecule has 0 saturated heterocycles. The van der Waals surface area contributed by atoms with Crippen LogP contribution in [-0.2, 0) is 4.79 Å². The van der Waals surface area contributed by atoms with Gasteiger partial charge >= 0.3 is 0 Å². The van der Waals surface area contributed by atoms with E-state index in [-0.39, 0.29) is 12.5 Å². The Kier molecular flexibility index (Phi) is 7.29. The summed E-state index contributed by atoms with van der Waals surface area (Å²) in [5, 5.41) is 13.5. The Balaban J connectivity index is 1.99. The first kappa shape index (κ1) is 13.5. The van der Waals surface area contributed by atoms with Crippen molar-refractivity contribution < 1.29 is 9.90 Å². The summed E-state index contributed by atoms with van der Waals surface area (Å²) in [6.45, 7) is 0.950. The molecular formula is C11H17NO2S2. The summed E-state index contributed by atoms with van der Waals surface area (Å²) in [5.41, 5.74) is 0. The molecule has 0 aliphatic rings. The van der Waals surface area contributed by atoms with E-state index in [4.69, 9.17) is 5.11 Å². The number of thiophene rings is 1. The van der Waals surface area contributed by atoms with Crippen molar-refractivity contribution >= 4 is 29.0 Å². The molecule has 1 amide bonds. The number of aliphatic hydroxyl groups is 1. The fourth-order valence-corrected chi connectivity index (χ4v) is 2.79. The summed E-state index contributed by atoms with van der Waals surface area (Å²) in [6, 6.07) is 4.00. The van der Waals surface area contributed by atoms with Crippen LogP contribution in [0.3, 0.4) is 0 Å². The van der Waals surface area contributed by atoms with Crippen molar-refractivity contribution in [3.8, 4) is 0 Å². The summed E-state index contributed by atoms with van der Waals surface area (Å²) in [7, 11) is 0. The van der Waals surface area contributed by atoms with Gasteiger partial charge in [-0.05, 0) is 30.7 Å². The van der Waals surface area contributed by atoms with E-state index in [2.05, 4.69) is 5.32 Å². The Bertz CT molecular complexity index is 288. The highest BCUT2D eigenvalue weighted by Crippen LogP contribution is 2.22. The van der Waals surface area contributed by atoms with E-state index in [1.54, 1.807) is 23.1 Å².